The number of carbonyl (C=O) groups is 1. The molecule has 4 heteroatoms. The Morgan fingerprint density at radius 1 is 1.41 bits per heavy atom. The summed E-state index contributed by atoms with van der Waals surface area (Å²) in [5.41, 5.74) is 0.822. The fourth-order valence-electron chi connectivity index (χ4n) is 3.33. The minimum atomic E-state index is -0.285. The summed E-state index contributed by atoms with van der Waals surface area (Å²) >= 11 is 0. The van der Waals surface area contributed by atoms with Gasteiger partial charge in [-0.25, -0.2) is 0 Å². The van der Waals surface area contributed by atoms with Crippen LogP contribution >= 0.6 is 0 Å². The Morgan fingerprint density at radius 2 is 2.23 bits per heavy atom. The van der Waals surface area contributed by atoms with Crippen LogP contribution in [-0.4, -0.2) is 35.1 Å². The molecule has 3 rings (SSSR count). The zero-order valence-corrected chi connectivity index (χ0v) is 13.0. The molecule has 118 valence electrons. The lowest BCUT2D eigenvalue weighted by atomic mass is 9.96. The molecule has 0 saturated carbocycles. The van der Waals surface area contributed by atoms with E-state index in [2.05, 4.69) is 0 Å². The van der Waals surface area contributed by atoms with Gasteiger partial charge in [-0.15, -0.1) is 0 Å². The topological polar surface area (TPSA) is 53.7 Å². The first-order chi connectivity index (χ1) is 10.7. The molecule has 2 heterocycles. The average molecular weight is 301 g/mol. The van der Waals surface area contributed by atoms with E-state index in [1.165, 1.54) is 0 Å². The molecule has 1 aliphatic rings. The molecule has 2 unspecified atom stereocenters. The fraction of sp³-hybridized carbons (Fsp3) is 0.500. The van der Waals surface area contributed by atoms with Crippen molar-refractivity contribution in [2.75, 3.05) is 13.2 Å². The number of hydrogen-bond acceptors (Lipinski definition) is 3. The van der Waals surface area contributed by atoms with Crippen LogP contribution in [0.4, 0.5) is 0 Å². The van der Waals surface area contributed by atoms with Crippen molar-refractivity contribution in [3.63, 3.8) is 0 Å². The molecule has 0 aliphatic carbocycles. The number of piperidine rings is 1. The van der Waals surface area contributed by atoms with E-state index in [4.69, 9.17) is 4.42 Å². The number of fused-ring (bicyclic) bond motifs is 1. The van der Waals surface area contributed by atoms with E-state index in [1.54, 1.807) is 0 Å². The van der Waals surface area contributed by atoms with Crippen LogP contribution in [0.3, 0.4) is 0 Å². The lowest BCUT2D eigenvalue weighted by molar-refractivity contribution is -0.136. The molecule has 1 amide bonds. The summed E-state index contributed by atoms with van der Waals surface area (Å²) in [6.07, 6.45) is 3.83. The molecule has 1 N–H and O–H groups in total. The van der Waals surface area contributed by atoms with Crippen LogP contribution in [0.25, 0.3) is 11.0 Å². The summed E-state index contributed by atoms with van der Waals surface area (Å²) in [5, 5.41) is 10.2. The van der Waals surface area contributed by atoms with Gasteiger partial charge < -0.3 is 14.4 Å². The van der Waals surface area contributed by atoms with Crippen molar-refractivity contribution in [1.29, 1.82) is 0 Å². The minimum absolute atomic E-state index is 0.109. The number of benzene rings is 1. The molecule has 1 aliphatic heterocycles. The summed E-state index contributed by atoms with van der Waals surface area (Å²) in [6, 6.07) is 9.95. The smallest absolute Gasteiger partial charge is 0.233 e. The number of hydrogen-bond donors (Lipinski definition) is 1. The maximum atomic E-state index is 12.8. The molecule has 0 bridgehead atoms. The molecule has 2 atom stereocenters. The van der Waals surface area contributed by atoms with Crippen molar-refractivity contribution in [2.45, 2.75) is 44.6 Å². The van der Waals surface area contributed by atoms with Crippen molar-refractivity contribution >= 4 is 16.9 Å². The first-order valence-electron chi connectivity index (χ1n) is 8.10. The Hall–Kier alpha value is -1.81. The average Bonchev–Trinajstić information content (AvgIpc) is 2.98. The van der Waals surface area contributed by atoms with E-state index in [-0.39, 0.29) is 24.5 Å². The van der Waals surface area contributed by atoms with Gasteiger partial charge in [0.1, 0.15) is 11.3 Å². The summed E-state index contributed by atoms with van der Waals surface area (Å²) < 4.78 is 5.84. The molecule has 0 radical (unpaired) electrons. The van der Waals surface area contributed by atoms with E-state index in [9.17, 15) is 9.90 Å². The van der Waals surface area contributed by atoms with Crippen LogP contribution in [0, 0.1) is 0 Å². The van der Waals surface area contributed by atoms with Gasteiger partial charge in [0, 0.05) is 24.6 Å². The van der Waals surface area contributed by atoms with Crippen LogP contribution in [0.2, 0.25) is 0 Å². The number of aliphatic hydroxyl groups excluding tert-OH is 1. The van der Waals surface area contributed by atoms with Gasteiger partial charge in [-0.2, -0.15) is 0 Å². The van der Waals surface area contributed by atoms with Crippen LogP contribution < -0.4 is 0 Å². The Kier molecular flexibility index (Phi) is 4.48. The van der Waals surface area contributed by atoms with Crippen LogP contribution in [0.5, 0.6) is 0 Å². The van der Waals surface area contributed by atoms with Crippen molar-refractivity contribution in [3.05, 3.63) is 36.1 Å². The number of nitrogens with zero attached hydrogens (tertiary/aromatic N) is 1. The number of para-hydroxylation sites is 1. The number of likely N-dealkylation sites (tertiary alicyclic amines) is 1. The summed E-state index contributed by atoms with van der Waals surface area (Å²) in [6.45, 7) is 2.83. The van der Waals surface area contributed by atoms with Gasteiger partial charge in [0.15, 0.2) is 0 Å². The number of carbonyl (C=O) groups excluding carboxylic acids is 1. The molecule has 1 saturated heterocycles. The number of rotatable bonds is 4. The quantitative estimate of drug-likeness (QED) is 0.942. The van der Waals surface area contributed by atoms with Crippen molar-refractivity contribution in [2.24, 2.45) is 0 Å². The first kappa shape index (κ1) is 15.1. The zero-order chi connectivity index (χ0) is 15.5. The fourth-order valence-corrected chi connectivity index (χ4v) is 3.33. The molecule has 1 fully saturated rings. The van der Waals surface area contributed by atoms with E-state index < -0.39 is 0 Å². The van der Waals surface area contributed by atoms with Crippen molar-refractivity contribution < 1.29 is 14.3 Å². The second-order valence-electron chi connectivity index (χ2n) is 6.10. The Morgan fingerprint density at radius 3 is 3.00 bits per heavy atom. The van der Waals surface area contributed by atoms with Crippen molar-refractivity contribution in [1.82, 2.24) is 4.90 Å². The molecule has 22 heavy (non-hydrogen) atoms. The second kappa shape index (κ2) is 6.53. The highest BCUT2D eigenvalue weighted by molar-refractivity contribution is 5.85. The van der Waals surface area contributed by atoms with E-state index in [1.807, 2.05) is 42.2 Å². The third-order valence-electron chi connectivity index (χ3n) is 4.61. The van der Waals surface area contributed by atoms with Gasteiger partial charge in [-0.05, 0) is 44.7 Å². The predicted octanol–water partition coefficient (Wildman–Crippen LogP) is 3.30. The number of furan rings is 1. The molecule has 4 nitrogen and oxygen atoms in total. The molecular weight excluding hydrogens is 278 g/mol. The molecule has 2 aromatic rings. The third kappa shape index (κ3) is 2.88. The van der Waals surface area contributed by atoms with Gasteiger partial charge in [0.05, 0.1) is 5.92 Å². The summed E-state index contributed by atoms with van der Waals surface area (Å²) in [4.78, 5) is 14.8. The normalized spacial score (nSPS) is 20.3. The first-order valence-corrected chi connectivity index (χ1v) is 8.10. The molecule has 1 aromatic carbocycles. The van der Waals surface area contributed by atoms with Crippen LogP contribution in [0.15, 0.2) is 34.7 Å². The zero-order valence-electron chi connectivity index (χ0n) is 13.0. The lowest BCUT2D eigenvalue weighted by Gasteiger charge is -2.36. The third-order valence-corrected chi connectivity index (χ3v) is 4.61. The van der Waals surface area contributed by atoms with Gasteiger partial charge in [0.2, 0.25) is 5.91 Å². The Balaban J connectivity index is 1.80. The largest absolute Gasteiger partial charge is 0.460 e. The summed E-state index contributed by atoms with van der Waals surface area (Å²) in [7, 11) is 0. The molecule has 0 spiro atoms. The van der Waals surface area contributed by atoms with Crippen LogP contribution in [0.1, 0.15) is 44.3 Å². The molecular formula is C18H23NO3. The Labute approximate surface area is 130 Å². The maximum absolute atomic E-state index is 12.8. The SMILES string of the molecule is CC(C(=O)N1CCCCC1CCO)c1cc2ccccc2o1. The van der Waals surface area contributed by atoms with Crippen molar-refractivity contribution in [3.8, 4) is 0 Å². The highest BCUT2D eigenvalue weighted by Gasteiger charge is 2.31. The summed E-state index contributed by atoms with van der Waals surface area (Å²) in [5.74, 6) is 0.545. The monoisotopic (exact) mass is 301 g/mol. The van der Waals surface area contributed by atoms with Gasteiger partial charge in [-0.3, -0.25) is 4.79 Å². The lowest BCUT2D eigenvalue weighted by Crippen LogP contribution is -2.45. The predicted molar refractivity (Wildman–Crippen MR) is 85.7 cm³/mol. The van der Waals surface area contributed by atoms with Gasteiger partial charge >= 0.3 is 0 Å². The highest BCUT2D eigenvalue weighted by Crippen LogP contribution is 2.29. The molecule has 1 aromatic heterocycles. The highest BCUT2D eigenvalue weighted by atomic mass is 16.3. The number of aliphatic hydroxyl groups is 1. The van der Waals surface area contributed by atoms with E-state index in [0.29, 0.717) is 6.42 Å². The van der Waals surface area contributed by atoms with Gasteiger partial charge in [-0.1, -0.05) is 18.2 Å². The Bertz CT molecular complexity index is 614. The van der Waals surface area contributed by atoms with Gasteiger partial charge in [0.25, 0.3) is 0 Å². The van der Waals surface area contributed by atoms with E-state index >= 15 is 0 Å². The van der Waals surface area contributed by atoms with Crippen LogP contribution in [-0.2, 0) is 4.79 Å². The second-order valence-corrected chi connectivity index (χ2v) is 6.10. The standard InChI is InChI=1S/C18H23NO3/c1-13(17-12-14-6-2-3-8-16(14)22-17)18(21)19-10-5-4-7-15(19)9-11-20/h2-3,6,8,12-13,15,20H,4-5,7,9-11H2,1H3. The minimum Gasteiger partial charge on any atom is -0.460 e. The number of amides is 1. The van der Waals surface area contributed by atoms with E-state index in [0.717, 1.165) is 42.5 Å². The maximum Gasteiger partial charge on any atom is 0.233 e.